The summed E-state index contributed by atoms with van der Waals surface area (Å²) in [6.07, 6.45) is 3.62. The second kappa shape index (κ2) is 11.2. The van der Waals surface area contributed by atoms with Crippen LogP contribution in [0.15, 0.2) is 168 Å². The van der Waals surface area contributed by atoms with Gasteiger partial charge in [-0.2, -0.15) is 0 Å². The van der Waals surface area contributed by atoms with Crippen LogP contribution >= 0.6 is 0 Å². The van der Waals surface area contributed by atoms with Crippen molar-refractivity contribution in [2.45, 2.75) is 0 Å². The van der Waals surface area contributed by atoms with Crippen molar-refractivity contribution in [2.75, 3.05) is 0 Å². The van der Waals surface area contributed by atoms with E-state index in [2.05, 4.69) is 120 Å². The number of pyridine rings is 1. The Hall–Kier alpha value is -6.39. The highest BCUT2D eigenvalue weighted by molar-refractivity contribution is 6.09. The molecule has 0 fully saturated rings. The van der Waals surface area contributed by atoms with Crippen LogP contribution < -0.4 is 0 Å². The Morgan fingerprint density at radius 2 is 1.04 bits per heavy atom. The summed E-state index contributed by atoms with van der Waals surface area (Å²) < 4.78 is 6.31. The summed E-state index contributed by atoms with van der Waals surface area (Å²) in [5, 5.41) is 4.71. The Bertz CT molecular complexity index is 2550. The third-order valence-electron chi connectivity index (χ3n) is 8.82. The van der Waals surface area contributed by atoms with Crippen molar-refractivity contribution < 1.29 is 4.42 Å². The highest BCUT2D eigenvalue weighted by Gasteiger charge is 2.14. The zero-order chi connectivity index (χ0) is 31.2. The lowest BCUT2D eigenvalue weighted by atomic mass is 9.97. The summed E-state index contributed by atoms with van der Waals surface area (Å²) in [5.41, 5.74) is 10.9. The normalized spacial score (nSPS) is 11.4. The van der Waals surface area contributed by atoms with E-state index in [1.165, 1.54) is 21.9 Å². The van der Waals surface area contributed by atoms with Gasteiger partial charge in [0.25, 0.3) is 0 Å². The van der Waals surface area contributed by atoms with Gasteiger partial charge in [-0.25, -0.2) is 9.97 Å². The van der Waals surface area contributed by atoms with E-state index in [4.69, 9.17) is 14.4 Å². The van der Waals surface area contributed by atoms with Crippen molar-refractivity contribution in [1.82, 2.24) is 15.0 Å². The fourth-order valence-corrected chi connectivity index (χ4v) is 6.46. The van der Waals surface area contributed by atoms with Crippen molar-refractivity contribution in [3.63, 3.8) is 0 Å². The van der Waals surface area contributed by atoms with Gasteiger partial charge in [-0.15, -0.1) is 0 Å². The number of benzene rings is 6. The molecule has 0 aliphatic heterocycles. The van der Waals surface area contributed by atoms with Gasteiger partial charge in [0.1, 0.15) is 11.2 Å². The van der Waals surface area contributed by atoms with E-state index in [9.17, 15) is 0 Å². The first-order valence-electron chi connectivity index (χ1n) is 15.7. The molecule has 0 atom stereocenters. The third-order valence-corrected chi connectivity index (χ3v) is 8.82. The van der Waals surface area contributed by atoms with Crippen molar-refractivity contribution in [3.05, 3.63) is 164 Å². The maximum Gasteiger partial charge on any atom is 0.160 e. The maximum atomic E-state index is 6.31. The Morgan fingerprint density at radius 3 is 1.85 bits per heavy atom. The Labute approximate surface area is 271 Å². The number of rotatable bonds is 5. The monoisotopic (exact) mass is 601 g/mol. The quantitative estimate of drug-likeness (QED) is 0.197. The van der Waals surface area contributed by atoms with E-state index in [1.54, 1.807) is 6.20 Å². The van der Waals surface area contributed by atoms with Gasteiger partial charge in [-0.05, 0) is 51.7 Å². The van der Waals surface area contributed by atoms with Gasteiger partial charge >= 0.3 is 0 Å². The second-order valence-corrected chi connectivity index (χ2v) is 11.7. The molecule has 0 aliphatic rings. The molecule has 0 saturated carbocycles. The highest BCUT2D eigenvalue weighted by atomic mass is 16.3. The van der Waals surface area contributed by atoms with Crippen molar-refractivity contribution in [3.8, 4) is 56.2 Å². The van der Waals surface area contributed by atoms with Crippen LogP contribution in [0, 0.1) is 0 Å². The average Bonchev–Trinajstić information content (AvgIpc) is 3.54. The highest BCUT2D eigenvalue weighted by Crippen LogP contribution is 2.37. The van der Waals surface area contributed by atoms with Gasteiger partial charge in [0.2, 0.25) is 0 Å². The van der Waals surface area contributed by atoms with Crippen LogP contribution in [0.2, 0.25) is 0 Å². The number of hydrogen-bond donors (Lipinski definition) is 0. The van der Waals surface area contributed by atoms with Crippen LogP contribution in [0.1, 0.15) is 0 Å². The summed E-state index contributed by atoms with van der Waals surface area (Å²) in [4.78, 5) is 14.4. The molecule has 0 amide bonds. The molecule has 0 unspecified atom stereocenters. The molecule has 9 rings (SSSR count). The molecule has 0 radical (unpaired) electrons. The molecule has 47 heavy (non-hydrogen) atoms. The molecular weight excluding hydrogens is 574 g/mol. The third kappa shape index (κ3) is 4.84. The molecule has 6 aromatic carbocycles. The van der Waals surface area contributed by atoms with Gasteiger partial charge in [0.15, 0.2) is 5.82 Å². The average molecular weight is 602 g/mol. The predicted octanol–water partition coefficient (Wildman–Crippen LogP) is 11.3. The largest absolute Gasteiger partial charge is 0.455 e. The minimum absolute atomic E-state index is 0.660. The van der Waals surface area contributed by atoms with E-state index < -0.39 is 0 Å². The lowest BCUT2D eigenvalue weighted by molar-refractivity contribution is 0.670. The van der Waals surface area contributed by atoms with Crippen LogP contribution in [0.3, 0.4) is 0 Å². The van der Waals surface area contributed by atoms with E-state index in [1.807, 2.05) is 42.6 Å². The minimum Gasteiger partial charge on any atom is -0.455 e. The van der Waals surface area contributed by atoms with Gasteiger partial charge < -0.3 is 4.42 Å². The fourth-order valence-electron chi connectivity index (χ4n) is 6.46. The predicted molar refractivity (Wildman–Crippen MR) is 192 cm³/mol. The second-order valence-electron chi connectivity index (χ2n) is 11.7. The fraction of sp³-hybridized carbons (Fsp3) is 0. The molecule has 0 bridgehead atoms. The van der Waals surface area contributed by atoms with E-state index in [-0.39, 0.29) is 0 Å². The lowest BCUT2D eigenvalue weighted by Gasteiger charge is -2.11. The van der Waals surface area contributed by atoms with Crippen LogP contribution in [-0.2, 0) is 0 Å². The molecule has 3 heterocycles. The molecular formula is C43H27N3O. The topological polar surface area (TPSA) is 51.8 Å². The number of para-hydroxylation sites is 2. The minimum atomic E-state index is 0.660. The number of furan rings is 1. The number of hydrogen-bond acceptors (Lipinski definition) is 4. The zero-order valence-corrected chi connectivity index (χ0v) is 25.3. The Kier molecular flexibility index (Phi) is 6.43. The molecule has 4 nitrogen and oxygen atoms in total. The summed E-state index contributed by atoms with van der Waals surface area (Å²) in [6.45, 7) is 0. The summed E-state index contributed by atoms with van der Waals surface area (Å²) in [6, 6.07) is 52.5. The molecule has 0 spiro atoms. The Balaban J connectivity index is 1.11. The first kappa shape index (κ1) is 27.0. The van der Waals surface area contributed by atoms with Gasteiger partial charge in [-0.3, -0.25) is 4.98 Å². The van der Waals surface area contributed by atoms with E-state index in [0.29, 0.717) is 5.82 Å². The number of nitrogens with zero attached hydrogens (tertiary/aromatic N) is 3. The molecule has 3 aromatic heterocycles. The lowest BCUT2D eigenvalue weighted by Crippen LogP contribution is -1.96. The standard InChI is InChI=1S/C43H27N3O/c1-2-11-34-28(8-1)9-5-13-35(34)29-17-21-31(22-18-29)39-26-40(33-10-7-25-44-27-33)46-43(45-39)32-23-19-30(20-24-32)36-14-6-15-38-37-12-3-4-16-41(37)47-42(36)38/h1-27H. The Morgan fingerprint density at radius 1 is 0.426 bits per heavy atom. The maximum absolute atomic E-state index is 6.31. The zero-order valence-electron chi connectivity index (χ0n) is 25.3. The first-order valence-corrected chi connectivity index (χ1v) is 15.7. The molecule has 4 heteroatoms. The van der Waals surface area contributed by atoms with E-state index >= 15 is 0 Å². The molecule has 0 aliphatic carbocycles. The summed E-state index contributed by atoms with van der Waals surface area (Å²) in [7, 11) is 0. The van der Waals surface area contributed by atoms with Crippen molar-refractivity contribution in [1.29, 1.82) is 0 Å². The molecule has 220 valence electrons. The van der Waals surface area contributed by atoms with Crippen LogP contribution in [0.4, 0.5) is 0 Å². The number of fused-ring (bicyclic) bond motifs is 4. The summed E-state index contributed by atoms with van der Waals surface area (Å²) >= 11 is 0. The van der Waals surface area contributed by atoms with Gasteiger partial charge in [0, 0.05) is 45.4 Å². The smallest absolute Gasteiger partial charge is 0.160 e. The van der Waals surface area contributed by atoms with Crippen LogP contribution in [0.25, 0.3) is 88.9 Å². The molecule has 0 saturated heterocycles. The van der Waals surface area contributed by atoms with Crippen LogP contribution in [0.5, 0.6) is 0 Å². The van der Waals surface area contributed by atoms with Gasteiger partial charge in [0.05, 0.1) is 11.4 Å². The van der Waals surface area contributed by atoms with Gasteiger partial charge in [-0.1, -0.05) is 127 Å². The number of aromatic nitrogens is 3. The first-order chi connectivity index (χ1) is 23.3. The van der Waals surface area contributed by atoms with Crippen molar-refractivity contribution in [2.24, 2.45) is 0 Å². The van der Waals surface area contributed by atoms with Crippen LogP contribution in [-0.4, -0.2) is 15.0 Å². The molecule has 9 aromatic rings. The summed E-state index contributed by atoms with van der Waals surface area (Å²) in [5.74, 6) is 0.660. The molecule has 0 N–H and O–H groups in total. The van der Waals surface area contributed by atoms with Crippen molar-refractivity contribution >= 4 is 32.7 Å². The SMILES string of the molecule is c1cncc(-c2cc(-c3ccc(-c4cccc5ccccc45)cc3)nc(-c3ccc(-c4cccc5c4oc4ccccc45)cc3)n2)c1. The van der Waals surface area contributed by atoms with E-state index in [0.717, 1.165) is 61.1 Å².